The topological polar surface area (TPSA) is 123 Å². The van der Waals surface area contributed by atoms with Gasteiger partial charge in [-0.15, -0.1) is 5.10 Å². The van der Waals surface area contributed by atoms with Crippen molar-refractivity contribution >= 4 is 11.9 Å². The molecule has 0 radical (unpaired) electrons. The van der Waals surface area contributed by atoms with E-state index in [1.165, 1.54) is 6.39 Å². The smallest absolute Gasteiger partial charge is 0.273 e. The molecule has 2 aromatic rings. The average molecular weight is 250 g/mol. The van der Waals surface area contributed by atoms with Gasteiger partial charge < -0.3 is 15.5 Å². The minimum absolute atomic E-state index is 0.0918. The predicted octanol–water partition coefficient (Wildman–Crippen LogP) is 0.428. The van der Waals surface area contributed by atoms with Crippen LogP contribution in [0.5, 0.6) is 0 Å². The molecule has 0 bridgehead atoms. The highest BCUT2D eigenvalue weighted by atomic mass is 16.3. The zero-order valence-corrected chi connectivity index (χ0v) is 10.1. The normalized spacial score (nSPS) is 10.8. The summed E-state index contributed by atoms with van der Waals surface area (Å²) in [5, 5.41) is 8.92. The highest BCUT2D eigenvalue weighted by Gasteiger charge is 2.19. The van der Waals surface area contributed by atoms with Gasteiger partial charge in [0.15, 0.2) is 12.1 Å². The van der Waals surface area contributed by atoms with Crippen molar-refractivity contribution in [2.75, 3.05) is 5.73 Å². The summed E-state index contributed by atoms with van der Waals surface area (Å²) < 4.78 is 5.18. The van der Waals surface area contributed by atoms with Crippen LogP contribution in [0, 0.1) is 0 Å². The maximum absolute atomic E-state index is 11.9. The molecule has 0 saturated heterocycles. The van der Waals surface area contributed by atoms with Crippen LogP contribution in [0.2, 0.25) is 0 Å². The molecule has 8 nitrogen and oxygen atoms in total. The Balaban J connectivity index is 2.01. The van der Waals surface area contributed by atoms with Gasteiger partial charge in [-0.05, 0) is 0 Å². The van der Waals surface area contributed by atoms with Crippen molar-refractivity contribution in [3.05, 3.63) is 23.7 Å². The van der Waals surface area contributed by atoms with Gasteiger partial charge in [0.2, 0.25) is 5.95 Å². The van der Waals surface area contributed by atoms with Gasteiger partial charge in [0.25, 0.3) is 5.91 Å². The third-order valence-electron chi connectivity index (χ3n) is 2.30. The van der Waals surface area contributed by atoms with Gasteiger partial charge >= 0.3 is 0 Å². The lowest BCUT2D eigenvalue weighted by molar-refractivity contribution is 0.0943. The standard InChI is InChI=1S/C10H14N6O2/c1-5(2)8-7(13-4-18-8)9(17)12-3-6-14-10(11)16-15-6/h4-5H,3H2,1-2H3,(H,12,17)(H3,11,14,15,16). The fraction of sp³-hybridized carbons (Fsp3) is 0.400. The number of rotatable bonds is 4. The minimum atomic E-state index is -0.317. The van der Waals surface area contributed by atoms with Crippen LogP contribution in [-0.2, 0) is 6.54 Å². The Kier molecular flexibility index (Phi) is 3.26. The molecule has 18 heavy (non-hydrogen) atoms. The number of nitrogens with one attached hydrogen (secondary N) is 2. The Morgan fingerprint density at radius 2 is 2.39 bits per heavy atom. The molecule has 0 unspecified atom stereocenters. The molecule has 2 heterocycles. The van der Waals surface area contributed by atoms with Crippen molar-refractivity contribution in [2.45, 2.75) is 26.3 Å². The van der Waals surface area contributed by atoms with Gasteiger partial charge in [-0.2, -0.15) is 4.98 Å². The van der Waals surface area contributed by atoms with Crippen molar-refractivity contribution in [3.8, 4) is 0 Å². The number of aromatic amines is 1. The average Bonchev–Trinajstić information content (AvgIpc) is 2.94. The summed E-state index contributed by atoms with van der Waals surface area (Å²) in [5.41, 5.74) is 5.64. The number of oxazole rings is 1. The number of nitrogens with two attached hydrogens (primary N) is 1. The number of nitrogens with zero attached hydrogens (tertiary/aromatic N) is 3. The Hall–Kier alpha value is -2.38. The lowest BCUT2D eigenvalue weighted by atomic mass is 10.1. The summed E-state index contributed by atoms with van der Waals surface area (Å²) in [4.78, 5) is 19.7. The van der Waals surface area contributed by atoms with Gasteiger partial charge in [-0.1, -0.05) is 13.8 Å². The van der Waals surface area contributed by atoms with Crippen LogP contribution in [-0.4, -0.2) is 26.1 Å². The van der Waals surface area contributed by atoms with Crippen molar-refractivity contribution in [1.29, 1.82) is 0 Å². The molecule has 8 heteroatoms. The highest BCUT2D eigenvalue weighted by molar-refractivity contribution is 5.93. The SMILES string of the molecule is CC(C)c1ocnc1C(=O)NCc1nc(N)n[nH]1. The summed E-state index contributed by atoms with van der Waals surface area (Å²) in [6.45, 7) is 4.05. The molecule has 4 N–H and O–H groups in total. The molecule has 0 aliphatic heterocycles. The monoisotopic (exact) mass is 250 g/mol. The first-order chi connectivity index (χ1) is 8.58. The predicted molar refractivity (Wildman–Crippen MR) is 62.6 cm³/mol. The molecule has 0 aliphatic carbocycles. The Morgan fingerprint density at radius 3 is 3.00 bits per heavy atom. The van der Waals surface area contributed by atoms with Crippen LogP contribution < -0.4 is 11.1 Å². The summed E-state index contributed by atoms with van der Waals surface area (Å²) in [5.74, 6) is 0.958. The van der Waals surface area contributed by atoms with Crippen LogP contribution >= 0.6 is 0 Å². The molecule has 0 spiro atoms. The number of nitrogen functional groups attached to an aromatic ring is 1. The maximum Gasteiger partial charge on any atom is 0.273 e. The zero-order valence-electron chi connectivity index (χ0n) is 10.1. The molecule has 2 aromatic heterocycles. The van der Waals surface area contributed by atoms with E-state index in [2.05, 4.69) is 25.5 Å². The molecule has 1 amide bonds. The molecule has 0 fully saturated rings. The van der Waals surface area contributed by atoms with E-state index in [4.69, 9.17) is 10.2 Å². The number of hydrogen-bond donors (Lipinski definition) is 3. The molecule has 0 atom stereocenters. The number of amides is 1. The number of aromatic nitrogens is 4. The Labute approximate surface area is 103 Å². The summed E-state index contributed by atoms with van der Waals surface area (Å²) in [6.07, 6.45) is 1.26. The largest absolute Gasteiger partial charge is 0.447 e. The lowest BCUT2D eigenvalue weighted by Crippen LogP contribution is -2.25. The van der Waals surface area contributed by atoms with Gasteiger partial charge in [0.05, 0.1) is 6.54 Å². The molecule has 96 valence electrons. The number of anilines is 1. The van der Waals surface area contributed by atoms with Crippen molar-refractivity contribution < 1.29 is 9.21 Å². The third-order valence-corrected chi connectivity index (χ3v) is 2.30. The quantitative estimate of drug-likeness (QED) is 0.723. The van der Waals surface area contributed by atoms with E-state index in [1.54, 1.807) is 0 Å². The van der Waals surface area contributed by atoms with Gasteiger partial charge in [0, 0.05) is 5.92 Å². The lowest BCUT2D eigenvalue weighted by Gasteiger charge is -2.04. The zero-order chi connectivity index (χ0) is 13.1. The van der Waals surface area contributed by atoms with E-state index in [9.17, 15) is 4.79 Å². The van der Waals surface area contributed by atoms with E-state index in [1.807, 2.05) is 13.8 Å². The van der Waals surface area contributed by atoms with E-state index < -0.39 is 0 Å². The van der Waals surface area contributed by atoms with Crippen molar-refractivity contribution in [2.24, 2.45) is 0 Å². The first-order valence-corrected chi connectivity index (χ1v) is 5.46. The Bertz CT molecular complexity index is 544. The van der Waals surface area contributed by atoms with Crippen LogP contribution in [0.4, 0.5) is 5.95 Å². The molecular weight excluding hydrogens is 236 g/mol. The highest BCUT2D eigenvalue weighted by Crippen LogP contribution is 2.17. The summed E-state index contributed by atoms with van der Waals surface area (Å²) >= 11 is 0. The fourth-order valence-electron chi connectivity index (χ4n) is 1.47. The summed E-state index contributed by atoms with van der Waals surface area (Å²) in [6, 6.07) is 0. The van der Waals surface area contributed by atoms with E-state index in [0.717, 1.165) is 0 Å². The van der Waals surface area contributed by atoms with E-state index in [0.29, 0.717) is 11.6 Å². The van der Waals surface area contributed by atoms with Gasteiger partial charge in [-0.3, -0.25) is 9.89 Å². The van der Waals surface area contributed by atoms with Crippen molar-refractivity contribution in [3.63, 3.8) is 0 Å². The second-order valence-electron chi connectivity index (χ2n) is 4.04. The summed E-state index contributed by atoms with van der Waals surface area (Å²) in [7, 11) is 0. The van der Waals surface area contributed by atoms with E-state index >= 15 is 0 Å². The minimum Gasteiger partial charge on any atom is -0.447 e. The van der Waals surface area contributed by atoms with E-state index in [-0.39, 0.29) is 30.0 Å². The van der Waals surface area contributed by atoms with Crippen molar-refractivity contribution in [1.82, 2.24) is 25.5 Å². The second kappa shape index (κ2) is 4.86. The second-order valence-corrected chi connectivity index (χ2v) is 4.04. The molecular formula is C10H14N6O2. The number of H-pyrrole nitrogens is 1. The maximum atomic E-state index is 11.9. The molecule has 0 aromatic carbocycles. The molecule has 2 rings (SSSR count). The first kappa shape index (κ1) is 12.1. The Morgan fingerprint density at radius 1 is 1.61 bits per heavy atom. The molecule has 0 aliphatic rings. The molecule has 0 saturated carbocycles. The number of carbonyl (C=O) groups is 1. The fourth-order valence-corrected chi connectivity index (χ4v) is 1.47. The van der Waals surface area contributed by atoms with Crippen LogP contribution in [0.15, 0.2) is 10.8 Å². The van der Waals surface area contributed by atoms with Gasteiger partial charge in [-0.25, -0.2) is 4.98 Å². The number of hydrogen-bond acceptors (Lipinski definition) is 6. The third kappa shape index (κ3) is 2.47. The van der Waals surface area contributed by atoms with Crippen LogP contribution in [0.1, 0.15) is 41.8 Å². The van der Waals surface area contributed by atoms with Crippen LogP contribution in [0.25, 0.3) is 0 Å². The van der Waals surface area contributed by atoms with Crippen LogP contribution in [0.3, 0.4) is 0 Å². The van der Waals surface area contributed by atoms with Gasteiger partial charge in [0.1, 0.15) is 11.6 Å². The first-order valence-electron chi connectivity index (χ1n) is 5.46. The number of carbonyl (C=O) groups excluding carboxylic acids is 1.